The monoisotopic (exact) mass is 463 g/mol. The zero-order valence-electron chi connectivity index (χ0n) is 17.6. The van der Waals surface area contributed by atoms with Crippen molar-refractivity contribution in [2.24, 2.45) is 0 Å². The first-order chi connectivity index (χ1) is 14.0. The molecule has 1 aromatic heterocycles. The first kappa shape index (κ1) is 24.7. The Balaban J connectivity index is 0.00000171. The minimum Gasteiger partial charge on any atom is -0.399 e. The number of piperazine rings is 1. The van der Waals surface area contributed by atoms with Crippen LogP contribution in [0.25, 0.3) is 11.4 Å². The number of anilines is 1. The van der Waals surface area contributed by atoms with Crippen molar-refractivity contribution in [1.82, 2.24) is 19.9 Å². The molecule has 4 rings (SSSR count). The molecule has 1 aliphatic rings. The standard InChI is InChI=1S/C22H25N5O2.2ClH/c1-15-3-6-17(7-4-15)21-24-20(29-25-21)14-26-9-11-27(12-10-26)22(28)19-13-18(23)8-5-16(19)2;;/h3-8,13H,9-12,14,23H2,1-2H3;2*1H. The lowest BCUT2D eigenvalue weighted by Crippen LogP contribution is -2.48. The molecule has 0 unspecified atom stereocenters. The zero-order chi connectivity index (χ0) is 20.4. The Morgan fingerprint density at radius 1 is 1.03 bits per heavy atom. The van der Waals surface area contributed by atoms with Crippen LogP contribution in [0.4, 0.5) is 5.69 Å². The molecule has 1 fully saturated rings. The number of hydrogen-bond acceptors (Lipinski definition) is 6. The molecule has 0 saturated carbocycles. The highest BCUT2D eigenvalue weighted by atomic mass is 35.5. The summed E-state index contributed by atoms with van der Waals surface area (Å²) in [7, 11) is 0. The molecule has 0 spiro atoms. The fraction of sp³-hybridized carbons (Fsp3) is 0.318. The topological polar surface area (TPSA) is 88.5 Å². The molecule has 0 bridgehead atoms. The second-order valence-electron chi connectivity index (χ2n) is 7.52. The Kier molecular flexibility index (Phi) is 8.44. The van der Waals surface area contributed by atoms with Crippen LogP contribution in [0.3, 0.4) is 0 Å². The average Bonchev–Trinajstić information content (AvgIpc) is 3.19. The highest BCUT2D eigenvalue weighted by Gasteiger charge is 2.24. The van der Waals surface area contributed by atoms with Crippen molar-refractivity contribution in [1.29, 1.82) is 0 Å². The van der Waals surface area contributed by atoms with E-state index in [0.29, 0.717) is 42.6 Å². The molecule has 3 aromatic rings. The van der Waals surface area contributed by atoms with Crippen LogP contribution in [0.15, 0.2) is 47.0 Å². The van der Waals surface area contributed by atoms with Crippen molar-refractivity contribution in [3.05, 3.63) is 65.0 Å². The minimum absolute atomic E-state index is 0. The Morgan fingerprint density at radius 2 is 1.71 bits per heavy atom. The third kappa shape index (κ3) is 5.76. The normalized spacial score (nSPS) is 13.9. The summed E-state index contributed by atoms with van der Waals surface area (Å²) in [6, 6.07) is 13.5. The molecule has 1 amide bonds. The summed E-state index contributed by atoms with van der Waals surface area (Å²) in [4.78, 5) is 21.4. The third-order valence-electron chi connectivity index (χ3n) is 5.29. The highest BCUT2D eigenvalue weighted by molar-refractivity contribution is 5.96. The maximum Gasteiger partial charge on any atom is 0.254 e. The molecule has 166 valence electrons. The number of amides is 1. The van der Waals surface area contributed by atoms with Gasteiger partial charge in [0.1, 0.15) is 0 Å². The second kappa shape index (κ2) is 10.6. The van der Waals surface area contributed by atoms with Crippen molar-refractivity contribution in [2.45, 2.75) is 20.4 Å². The van der Waals surface area contributed by atoms with E-state index in [2.05, 4.69) is 15.0 Å². The van der Waals surface area contributed by atoms with Crippen molar-refractivity contribution >= 4 is 36.4 Å². The number of halogens is 2. The van der Waals surface area contributed by atoms with Crippen LogP contribution >= 0.6 is 24.8 Å². The van der Waals surface area contributed by atoms with Gasteiger partial charge in [0, 0.05) is 43.0 Å². The van der Waals surface area contributed by atoms with E-state index < -0.39 is 0 Å². The molecule has 0 radical (unpaired) electrons. The number of benzene rings is 2. The molecular formula is C22H27Cl2N5O2. The van der Waals surface area contributed by atoms with Crippen LogP contribution in [-0.4, -0.2) is 52.0 Å². The van der Waals surface area contributed by atoms with E-state index in [0.717, 1.165) is 24.2 Å². The molecule has 2 N–H and O–H groups in total. The quantitative estimate of drug-likeness (QED) is 0.592. The lowest BCUT2D eigenvalue weighted by molar-refractivity contribution is 0.0614. The molecule has 7 nitrogen and oxygen atoms in total. The third-order valence-corrected chi connectivity index (χ3v) is 5.29. The molecule has 31 heavy (non-hydrogen) atoms. The van der Waals surface area contributed by atoms with Gasteiger partial charge in [0.25, 0.3) is 5.91 Å². The first-order valence-electron chi connectivity index (χ1n) is 9.77. The Labute approximate surface area is 194 Å². The Morgan fingerprint density at radius 3 is 2.39 bits per heavy atom. The molecule has 0 aliphatic carbocycles. The van der Waals surface area contributed by atoms with Gasteiger partial charge in [0.2, 0.25) is 11.7 Å². The number of hydrogen-bond donors (Lipinski definition) is 1. The summed E-state index contributed by atoms with van der Waals surface area (Å²) < 4.78 is 5.43. The highest BCUT2D eigenvalue weighted by Crippen LogP contribution is 2.19. The van der Waals surface area contributed by atoms with Gasteiger partial charge in [-0.25, -0.2) is 0 Å². The van der Waals surface area contributed by atoms with Gasteiger partial charge in [0.15, 0.2) is 0 Å². The molecule has 0 atom stereocenters. The number of aromatic nitrogens is 2. The lowest BCUT2D eigenvalue weighted by Gasteiger charge is -2.34. The predicted octanol–water partition coefficient (Wildman–Crippen LogP) is 3.74. The summed E-state index contributed by atoms with van der Waals surface area (Å²) >= 11 is 0. The number of nitrogen functional groups attached to an aromatic ring is 1. The maximum atomic E-state index is 12.8. The van der Waals surface area contributed by atoms with Crippen LogP contribution in [-0.2, 0) is 6.54 Å². The zero-order valence-corrected chi connectivity index (χ0v) is 19.2. The number of aryl methyl sites for hydroxylation is 2. The van der Waals surface area contributed by atoms with Crippen molar-refractivity contribution in [2.75, 3.05) is 31.9 Å². The fourth-order valence-corrected chi connectivity index (χ4v) is 3.48. The van der Waals surface area contributed by atoms with E-state index in [-0.39, 0.29) is 30.7 Å². The second-order valence-corrected chi connectivity index (χ2v) is 7.52. The van der Waals surface area contributed by atoms with E-state index in [4.69, 9.17) is 10.3 Å². The van der Waals surface area contributed by atoms with Gasteiger partial charge in [-0.2, -0.15) is 4.98 Å². The minimum atomic E-state index is 0. The van der Waals surface area contributed by atoms with Crippen molar-refractivity contribution in [3.8, 4) is 11.4 Å². The number of nitrogens with zero attached hydrogens (tertiary/aromatic N) is 4. The smallest absolute Gasteiger partial charge is 0.254 e. The molecule has 9 heteroatoms. The summed E-state index contributed by atoms with van der Waals surface area (Å²) in [5.74, 6) is 1.23. The van der Waals surface area contributed by atoms with Gasteiger partial charge in [-0.1, -0.05) is 41.1 Å². The molecule has 2 aromatic carbocycles. The SMILES string of the molecule is Cc1ccc(-c2noc(CN3CCN(C(=O)c4cc(N)ccc4C)CC3)n2)cc1.Cl.Cl. The Hall–Kier alpha value is -2.61. The van der Waals surface area contributed by atoms with Crippen LogP contribution in [0.2, 0.25) is 0 Å². The lowest BCUT2D eigenvalue weighted by atomic mass is 10.1. The summed E-state index contributed by atoms with van der Waals surface area (Å²) in [5.41, 5.74) is 10.2. The Bertz CT molecular complexity index is 1010. The van der Waals surface area contributed by atoms with Gasteiger partial charge in [-0.15, -0.1) is 24.8 Å². The van der Waals surface area contributed by atoms with Crippen LogP contribution < -0.4 is 5.73 Å². The summed E-state index contributed by atoms with van der Waals surface area (Å²) in [5, 5.41) is 4.09. The van der Waals surface area contributed by atoms with Gasteiger partial charge < -0.3 is 15.2 Å². The fourth-order valence-electron chi connectivity index (χ4n) is 3.48. The first-order valence-corrected chi connectivity index (χ1v) is 9.77. The number of carbonyl (C=O) groups excluding carboxylic acids is 1. The van der Waals surface area contributed by atoms with E-state index in [1.54, 1.807) is 6.07 Å². The molecular weight excluding hydrogens is 437 g/mol. The van der Waals surface area contributed by atoms with Crippen LogP contribution in [0.5, 0.6) is 0 Å². The van der Waals surface area contributed by atoms with Gasteiger partial charge in [-0.05, 0) is 31.5 Å². The summed E-state index contributed by atoms with van der Waals surface area (Å²) in [6.45, 7) is 7.40. The van der Waals surface area contributed by atoms with E-state index in [9.17, 15) is 4.79 Å². The number of rotatable bonds is 4. The van der Waals surface area contributed by atoms with Crippen molar-refractivity contribution < 1.29 is 9.32 Å². The van der Waals surface area contributed by atoms with E-state index in [1.165, 1.54) is 5.56 Å². The van der Waals surface area contributed by atoms with E-state index >= 15 is 0 Å². The van der Waals surface area contributed by atoms with Crippen molar-refractivity contribution in [3.63, 3.8) is 0 Å². The average molecular weight is 464 g/mol. The maximum absolute atomic E-state index is 12.8. The van der Waals surface area contributed by atoms with Gasteiger partial charge >= 0.3 is 0 Å². The van der Waals surface area contributed by atoms with E-state index in [1.807, 2.05) is 55.1 Å². The number of nitrogens with two attached hydrogens (primary N) is 1. The van der Waals surface area contributed by atoms with Crippen LogP contribution in [0.1, 0.15) is 27.4 Å². The molecule has 1 aliphatic heterocycles. The largest absolute Gasteiger partial charge is 0.399 e. The predicted molar refractivity (Wildman–Crippen MR) is 126 cm³/mol. The van der Waals surface area contributed by atoms with Crippen LogP contribution in [0, 0.1) is 13.8 Å². The van der Waals surface area contributed by atoms with Gasteiger partial charge in [-0.3, -0.25) is 9.69 Å². The molecule has 2 heterocycles. The molecule has 1 saturated heterocycles. The summed E-state index contributed by atoms with van der Waals surface area (Å²) in [6.07, 6.45) is 0. The van der Waals surface area contributed by atoms with Gasteiger partial charge in [0.05, 0.1) is 6.54 Å². The number of carbonyl (C=O) groups is 1.